The lowest BCUT2D eigenvalue weighted by atomic mass is 10.0. The molecular weight excluding hydrogens is 312 g/mol. The van der Waals surface area contributed by atoms with Crippen LogP contribution in [0.5, 0.6) is 5.75 Å². The predicted molar refractivity (Wildman–Crippen MR) is 92.3 cm³/mol. The van der Waals surface area contributed by atoms with Gasteiger partial charge in [-0.1, -0.05) is 6.42 Å². The van der Waals surface area contributed by atoms with Gasteiger partial charge in [-0.25, -0.2) is 4.79 Å². The van der Waals surface area contributed by atoms with Gasteiger partial charge in [0, 0.05) is 23.9 Å². The third-order valence-electron chi connectivity index (χ3n) is 4.87. The molecule has 0 amide bonds. The number of aliphatic imine (C=N–C) groups is 1. The van der Waals surface area contributed by atoms with Gasteiger partial charge in [-0.05, 0) is 43.5 Å². The predicted octanol–water partition coefficient (Wildman–Crippen LogP) is 3.51. The maximum Gasteiger partial charge on any atom is 0.335 e. The molecule has 2 atom stereocenters. The molecule has 1 heterocycles. The van der Waals surface area contributed by atoms with Crippen molar-refractivity contribution in [2.75, 3.05) is 26.1 Å². The fourth-order valence-electron chi connectivity index (χ4n) is 3.73. The fourth-order valence-corrected chi connectivity index (χ4v) is 4.77. The number of methoxy groups -OCH3 is 1. The third kappa shape index (κ3) is 3.38. The number of rotatable bonds is 6. The SMILES string of the molecule is C=Nc1c(OC)cc(C(=O)O)cc1SCN1C[C@H]2CCC[C@H]2C1. The molecular formula is C17H22N2O3S. The monoisotopic (exact) mass is 334 g/mol. The molecule has 0 radical (unpaired) electrons. The highest BCUT2D eigenvalue weighted by molar-refractivity contribution is 7.99. The molecule has 124 valence electrons. The normalized spacial score (nSPS) is 23.7. The summed E-state index contributed by atoms with van der Waals surface area (Å²) >= 11 is 1.62. The zero-order valence-electron chi connectivity index (χ0n) is 13.3. The minimum absolute atomic E-state index is 0.218. The summed E-state index contributed by atoms with van der Waals surface area (Å²) in [5.41, 5.74) is 0.844. The van der Waals surface area contributed by atoms with Crippen LogP contribution in [0.4, 0.5) is 5.69 Å². The average molecular weight is 334 g/mol. The van der Waals surface area contributed by atoms with Crippen LogP contribution in [-0.2, 0) is 0 Å². The Kier molecular flexibility index (Phi) is 4.92. The molecule has 0 spiro atoms. The Labute approximate surface area is 140 Å². The molecule has 1 aliphatic carbocycles. The number of fused-ring (bicyclic) bond motifs is 1. The van der Waals surface area contributed by atoms with Gasteiger partial charge in [0.1, 0.15) is 11.4 Å². The molecule has 1 saturated carbocycles. The number of benzene rings is 1. The van der Waals surface area contributed by atoms with Gasteiger partial charge in [0.2, 0.25) is 0 Å². The summed E-state index contributed by atoms with van der Waals surface area (Å²) < 4.78 is 5.28. The number of hydrogen-bond acceptors (Lipinski definition) is 5. The van der Waals surface area contributed by atoms with Gasteiger partial charge in [0.15, 0.2) is 0 Å². The van der Waals surface area contributed by atoms with Gasteiger partial charge < -0.3 is 9.84 Å². The van der Waals surface area contributed by atoms with E-state index in [2.05, 4.69) is 16.6 Å². The highest BCUT2D eigenvalue weighted by Gasteiger charge is 2.35. The Bertz CT molecular complexity index is 608. The first-order valence-electron chi connectivity index (χ1n) is 7.89. The molecule has 3 rings (SSSR count). The van der Waals surface area contributed by atoms with Crippen molar-refractivity contribution >= 4 is 30.1 Å². The summed E-state index contributed by atoms with van der Waals surface area (Å²) in [4.78, 5) is 18.6. The van der Waals surface area contributed by atoms with Crippen LogP contribution in [0.3, 0.4) is 0 Å². The number of carboxylic acid groups (broad SMARTS) is 1. The smallest absolute Gasteiger partial charge is 0.335 e. The summed E-state index contributed by atoms with van der Waals surface area (Å²) in [5, 5.41) is 9.26. The second-order valence-electron chi connectivity index (χ2n) is 6.25. The molecule has 1 aliphatic heterocycles. The van der Waals surface area contributed by atoms with Crippen molar-refractivity contribution in [2.24, 2.45) is 16.8 Å². The number of hydrogen-bond donors (Lipinski definition) is 1. The molecule has 1 aromatic carbocycles. The van der Waals surface area contributed by atoms with Crippen molar-refractivity contribution in [1.29, 1.82) is 0 Å². The average Bonchev–Trinajstić information content (AvgIpc) is 3.12. The molecule has 23 heavy (non-hydrogen) atoms. The largest absolute Gasteiger partial charge is 0.494 e. The lowest BCUT2D eigenvalue weighted by molar-refractivity contribution is 0.0696. The zero-order chi connectivity index (χ0) is 16.4. The molecule has 6 heteroatoms. The van der Waals surface area contributed by atoms with Gasteiger partial charge in [-0.2, -0.15) is 0 Å². The Hall–Kier alpha value is -1.53. The van der Waals surface area contributed by atoms with Crippen LogP contribution in [0.2, 0.25) is 0 Å². The van der Waals surface area contributed by atoms with E-state index in [1.807, 2.05) is 0 Å². The summed E-state index contributed by atoms with van der Waals surface area (Å²) in [6.45, 7) is 5.91. The van der Waals surface area contributed by atoms with E-state index in [0.29, 0.717) is 11.4 Å². The first kappa shape index (κ1) is 16.3. The summed E-state index contributed by atoms with van der Waals surface area (Å²) in [5.74, 6) is 2.05. The van der Waals surface area contributed by atoms with E-state index in [1.54, 1.807) is 17.8 Å². The van der Waals surface area contributed by atoms with E-state index in [4.69, 9.17) is 4.74 Å². The standard InChI is InChI=1S/C17H22N2O3S/c1-18-16-14(22-2)6-13(17(20)21)7-15(16)23-10-19-8-11-4-3-5-12(11)9-19/h6-7,11-12H,1,3-5,8-10H2,2H3,(H,20,21)/t11-,12+. The van der Waals surface area contributed by atoms with Crippen LogP contribution in [0.15, 0.2) is 22.0 Å². The van der Waals surface area contributed by atoms with Gasteiger partial charge in [-0.3, -0.25) is 9.89 Å². The molecule has 0 bridgehead atoms. The molecule has 1 saturated heterocycles. The van der Waals surface area contributed by atoms with E-state index in [9.17, 15) is 9.90 Å². The Balaban J connectivity index is 1.74. The number of nitrogens with zero attached hydrogens (tertiary/aromatic N) is 2. The third-order valence-corrected chi connectivity index (χ3v) is 5.99. The molecule has 1 N–H and O–H groups in total. The number of likely N-dealkylation sites (tertiary alicyclic amines) is 1. The van der Waals surface area contributed by atoms with Crippen molar-refractivity contribution in [3.63, 3.8) is 0 Å². The Morgan fingerprint density at radius 2 is 2.13 bits per heavy atom. The molecule has 0 aromatic heterocycles. The lowest BCUT2D eigenvalue weighted by Crippen LogP contribution is -2.20. The van der Waals surface area contributed by atoms with E-state index >= 15 is 0 Å². The second-order valence-corrected chi connectivity index (χ2v) is 7.24. The zero-order valence-corrected chi connectivity index (χ0v) is 14.1. The first-order chi connectivity index (χ1) is 11.1. The number of carbonyl (C=O) groups is 1. The Morgan fingerprint density at radius 3 is 2.70 bits per heavy atom. The second kappa shape index (κ2) is 6.93. The highest BCUT2D eigenvalue weighted by atomic mass is 32.2. The number of carboxylic acids is 1. The van der Waals surface area contributed by atoms with Gasteiger partial charge >= 0.3 is 5.97 Å². The molecule has 2 aliphatic rings. The van der Waals surface area contributed by atoms with E-state index in [0.717, 1.165) is 35.7 Å². The maximum atomic E-state index is 11.3. The Morgan fingerprint density at radius 1 is 1.43 bits per heavy atom. The van der Waals surface area contributed by atoms with Crippen molar-refractivity contribution in [2.45, 2.75) is 24.2 Å². The fraction of sp³-hybridized carbons (Fsp3) is 0.529. The van der Waals surface area contributed by atoms with Crippen molar-refractivity contribution < 1.29 is 14.6 Å². The quantitative estimate of drug-likeness (QED) is 0.637. The first-order valence-corrected chi connectivity index (χ1v) is 8.88. The van der Waals surface area contributed by atoms with E-state index < -0.39 is 5.97 Å². The topological polar surface area (TPSA) is 62.1 Å². The van der Waals surface area contributed by atoms with Gasteiger partial charge in [-0.15, -0.1) is 11.8 Å². The van der Waals surface area contributed by atoms with Crippen molar-refractivity contribution in [3.05, 3.63) is 17.7 Å². The highest BCUT2D eigenvalue weighted by Crippen LogP contribution is 2.42. The maximum absolute atomic E-state index is 11.3. The number of thioether (sulfide) groups is 1. The number of ether oxygens (including phenoxy) is 1. The minimum atomic E-state index is -0.962. The molecule has 0 unspecified atom stereocenters. The van der Waals surface area contributed by atoms with Gasteiger partial charge in [0.05, 0.1) is 12.7 Å². The van der Waals surface area contributed by atoms with Crippen LogP contribution in [-0.4, -0.2) is 48.8 Å². The van der Waals surface area contributed by atoms with Crippen LogP contribution >= 0.6 is 11.8 Å². The number of aromatic carboxylic acids is 1. The molecule has 1 aromatic rings. The van der Waals surface area contributed by atoms with Crippen LogP contribution < -0.4 is 4.74 Å². The lowest BCUT2D eigenvalue weighted by Gasteiger charge is -2.17. The molecule has 2 fully saturated rings. The summed E-state index contributed by atoms with van der Waals surface area (Å²) in [6, 6.07) is 3.16. The van der Waals surface area contributed by atoms with Crippen LogP contribution in [0, 0.1) is 11.8 Å². The summed E-state index contributed by atoms with van der Waals surface area (Å²) in [7, 11) is 1.52. The van der Waals surface area contributed by atoms with Crippen LogP contribution in [0.1, 0.15) is 29.6 Å². The van der Waals surface area contributed by atoms with Crippen molar-refractivity contribution in [3.8, 4) is 5.75 Å². The van der Waals surface area contributed by atoms with Gasteiger partial charge in [0.25, 0.3) is 0 Å². The van der Waals surface area contributed by atoms with E-state index in [1.165, 1.54) is 32.4 Å². The van der Waals surface area contributed by atoms with Crippen molar-refractivity contribution in [1.82, 2.24) is 4.90 Å². The molecule has 5 nitrogen and oxygen atoms in total. The minimum Gasteiger partial charge on any atom is -0.494 e. The summed E-state index contributed by atoms with van der Waals surface area (Å²) in [6.07, 6.45) is 4.08. The van der Waals surface area contributed by atoms with E-state index in [-0.39, 0.29) is 5.56 Å². The van der Waals surface area contributed by atoms with Crippen LogP contribution in [0.25, 0.3) is 0 Å².